The van der Waals surface area contributed by atoms with Crippen LogP contribution in [0.25, 0.3) is 0 Å². The lowest BCUT2D eigenvalue weighted by molar-refractivity contribution is 0.415. The first kappa shape index (κ1) is 13.1. The highest BCUT2D eigenvalue weighted by atomic mass is 35.5. The van der Waals surface area contributed by atoms with Crippen LogP contribution in [0.3, 0.4) is 0 Å². The summed E-state index contributed by atoms with van der Waals surface area (Å²) in [5.41, 5.74) is 2.62. The number of ether oxygens (including phenoxy) is 1. The van der Waals surface area contributed by atoms with E-state index < -0.39 is 0 Å². The molecule has 1 N–H and O–H groups in total. The van der Waals surface area contributed by atoms with Crippen molar-refractivity contribution in [2.24, 2.45) is 0 Å². The first-order chi connectivity index (χ1) is 8.61. The van der Waals surface area contributed by atoms with Crippen LogP contribution in [-0.4, -0.2) is 7.11 Å². The maximum atomic E-state index is 6.24. The fourth-order valence-electron chi connectivity index (χ4n) is 1.59. The third kappa shape index (κ3) is 2.71. The van der Waals surface area contributed by atoms with E-state index in [1.807, 2.05) is 43.3 Å². The molecule has 0 amide bonds. The lowest BCUT2D eigenvalue weighted by atomic mass is 10.2. The van der Waals surface area contributed by atoms with Gasteiger partial charge in [0.1, 0.15) is 5.75 Å². The number of aryl methyl sites for hydroxylation is 1. The van der Waals surface area contributed by atoms with Gasteiger partial charge in [-0.2, -0.15) is 0 Å². The Morgan fingerprint density at radius 2 is 1.67 bits per heavy atom. The Morgan fingerprint density at radius 3 is 2.28 bits per heavy atom. The van der Waals surface area contributed by atoms with Gasteiger partial charge in [-0.05, 0) is 42.8 Å². The number of anilines is 2. The Balaban J connectivity index is 2.30. The molecule has 2 nitrogen and oxygen atoms in total. The van der Waals surface area contributed by atoms with Crippen molar-refractivity contribution in [3.05, 3.63) is 52.0 Å². The van der Waals surface area contributed by atoms with Crippen molar-refractivity contribution in [3.8, 4) is 5.75 Å². The average molecular weight is 282 g/mol. The van der Waals surface area contributed by atoms with E-state index in [0.29, 0.717) is 10.0 Å². The molecule has 2 aromatic carbocycles. The van der Waals surface area contributed by atoms with Crippen LogP contribution < -0.4 is 10.1 Å². The van der Waals surface area contributed by atoms with Gasteiger partial charge in [-0.15, -0.1) is 0 Å². The standard InChI is InChI=1S/C14H13Cl2NO/c1-9-3-8-12(15)14(13(9)16)17-10-4-6-11(18-2)7-5-10/h3-8,17H,1-2H3. The molecule has 94 valence electrons. The van der Waals surface area contributed by atoms with Gasteiger partial charge in [-0.1, -0.05) is 29.3 Å². The van der Waals surface area contributed by atoms with Crippen molar-refractivity contribution >= 4 is 34.6 Å². The van der Waals surface area contributed by atoms with E-state index in [4.69, 9.17) is 27.9 Å². The molecule has 18 heavy (non-hydrogen) atoms. The highest BCUT2D eigenvalue weighted by Gasteiger charge is 2.08. The third-order valence-corrected chi connectivity index (χ3v) is 3.45. The fourth-order valence-corrected chi connectivity index (χ4v) is 2.06. The quantitative estimate of drug-likeness (QED) is 0.850. The van der Waals surface area contributed by atoms with Crippen LogP contribution >= 0.6 is 23.2 Å². The van der Waals surface area contributed by atoms with Crippen molar-refractivity contribution in [2.75, 3.05) is 12.4 Å². The molecule has 0 aromatic heterocycles. The summed E-state index contributed by atoms with van der Waals surface area (Å²) in [7, 11) is 1.64. The Labute approximate surface area is 116 Å². The molecule has 0 saturated heterocycles. The molecule has 0 aliphatic heterocycles. The normalized spacial score (nSPS) is 10.2. The number of nitrogens with one attached hydrogen (secondary N) is 1. The zero-order valence-corrected chi connectivity index (χ0v) is 11.6. The Hall–Kier alpha value is -1.38. The zero-order valence-electron chi connectivity index (χ0n) is 10.1. The summed E-state index contributed by atoms with van der Waals surface area (Å²) in [6.07, 6.45) is 0. The summed E-state index contributed by atoms with van der Waals surface area (Å²) < 4.78 is 5.11. The van der Waals surface area contributed by atoms with Gasteiger partial charge in [0.25, 0.3) is 0 Å². The summed E-state index contributed by atoms with van der Waals surface area (Å²) in [6.45, 7) is 1.94. The second-order valence-corrected chi connectivity index (χ2v) is 4.69. The maximum Gasteiger partial charge on any atom is 0.119 e. The minimum atomic E-state index is 0.599. The van der Waals surface area contributed by atoms with E-state index in [0.717, 1.165) is 22.7 Å². The fraction of sp³-hybridized carbons (Fsp3) is 0.143. The summed E-state index contributed by atoms with van der Waals surface area (Å²) in [5, 5.41) is 4.45. The molecular weight excluding hydrogens is 269 g/mol. The highest BCUT2D eigenvalue weighted by molar-refractivity contribution is 6.39. The number of benzene rings is 2. The first-order valence-electron chi connectivity index (χ1n) is 5.47. The zero-order chi connectivity index (χ0) is 13.1. The summed E-state index contributed by atoms with van der Waals surface area (Å²) >= 11 is 12.4. The maximum absolute atomic E-state index is 6.24. The van der Waals surface area contributed by atoms with Gasteiger partial charge < -0.3 is 10.1 Å². The minimum Gasteiger partial charge on any atom is -0.497 e. The molecule has 0 atom stereocenters. The molecule has 0 fully saturated rings. The largest absolute Gasteiger partial charge is 0.497 e. The van der Waals surface area contributed by atoms with Crippen LogP contribution in [0.15, 0.2) is 36.4 Å². The molecule has 2 rings (SSSR count). The smallest absolute Gasteiger partial charge is 0.119 e. The number of rotatable bonds is 3. The Kier molecular flexibility index (Phi) is 4.00. The second-order valence-electron chi connectivity index (χ2n) is 3.91. The van der Waals surface area contributed by atoms with Crippen molar-refractivity contribution in [3.63, 3.8) is 0 Å². The third-order valence-electron chi connectivity index (χ3n) is 2.64. The van der Waals surface area contributed by atoms with Gasteiger partial charge in [0.2, 0.25) is 0 Å². The molecule has 0 radical (unpaired) electrons. The van der Waals surface area contributed by atoms with Crippen molar-refractivity contribution in [1.29, 1.82) is 0 Å². The van der Waals surface area contributed by atoms with Gasteiger partial charge in [-0.3, -0.25) is 0 Å². The van der Waals surface area contributed by atoms with Crippen molar-refractivity contribution in [2.45, 2.75) is 6.92 Å². The van der Waals surface area contributed by atoms with Crippen LogP contribution in [0.5, 0.6) is 5.75 Å². The van der Waals surface area contributed by atoms with Crippen LogP contribution in [0.1, 0.15) is 5.56 Å². The topological polar surface area (TPSA) is 21.3 Å². The highest BCUT2D eigenvalue weighted by Crippen LogP contribution is 2.35. The van der Waals surface area contributed by atoms with Crippen LogP contribution in [0.2, 0.25) is 10.0 Å². The molecule has 0 heterocycles. The van der Waals surface area contributed by atoms with E-state index in [9.17, 15) is 0 Å². The molecule has 0 saturated carbocycles. The Morgan fingerprint density at radius 1 is 1.00 bits per heavy atom. The van der Waals surface area contributed by atoms with E-state index >= 15 is 0 Å². The van der Waals surface area contributed by atoms with Gasteiger partial charge in [-0.25, -0.2) is 0 Å². The predicted octanol–water partition coefficient (Wildman–Crippen LogP) is 5.05. The lowest BCUT2D eigenvalue weighted by Crippen LogP contribution is -1.94. The monoisotopic (exact) mass is 281 g/mol. The number of hydrogen-bond acceptors (Lipinski definition) is 2. The summed E-state index contributed by atoms with van der Waals surface area (Å²) in [6, 6.07) is 11.3. The molecule has 0 aliphatic rings. The molecular formula is C14H13Cl2NO. The van der Waals surface area contributed by atoms with E-state index in [-0.39, 0.29) is 0 Å². The van der Waals surface area contributed by atoms with Gasteiger partial charge in [0.15, 0.2) is 0 Å². The van der Waals surface area contributed by atoms with Crippen molar-refractivity contribution in [1.82, 2.24) is 0 Å². The average Bonchev–Trinajstić information content (AvgIpc) is 2.40. The van der Waals surface area contributed by atoms with Crippen LogP contribution in [0, 0.1) is 6.92 Å². The Bertz CT molecular complexity index is 552. The molecule has 0 bridgehead atoms. The second kappa shape index (κ2) is 5.51. The SMILES string of the molecule is COc1ccc(Nc2c(Cl)ccc(C)c2Cl)cc1. The van der Waals surface area contributed by atoms with E-state index in [1.54, 1.807) is 7.11 Å². The molecule has 2 aromatic rings. The molecule has 0 unspecified atom stereocenters. The molecule has 0 aliphatic carbocycles. The van der Waals surface area contributed by atoms with Gasteiger partial charge in [0, 0.05) is 5.69 Å². The van der Waals surface area contributed by atoms with Crippen LogP contribution in [-0.2, 0) is 0 Å². The van der Waals surface area contributed by atoms with Crippen LogP contribution in [0.4, 0.5) is 11.4 Å². The van der Waals surface area contributed by atoms with Gasteiger partial charge in [0.05, 0.1) is 22.8 Å². The number of hydrogen-bond donors (Lipinski definition) is 1. The predicted molar refractivity (Wildman–Crippen MR) is 77.5 cm³/mol. The number of methoxy groups -OCH3 is 1. The summed E-state index contributed by atoms with van der Waals surface area (Å²) in [5.74, 6) is 0.807. The summed E-state index contributed by atoms with van der Waals surface area (Å²) in [4.78, 5) is 0. The van der Waals surface area contributed by atoms with E-state index in [2.05, 4.69) is 5.32 Å². The minimum absolute atomic E-state index is 0.599. The van der Waals surface area contributed by atoms with Gasteiger partial charge >= 0.3 is 0 Å². The molecule has 0 spiro atoms. The van der Waals surface area contributed by atoms with Crippen molar-refractivity contribution < 1.29 is 4.74 Å². The first-order valence-corrected chi connectivity index (χ1v) is 6.23. The van der Waals surface area contributed by atoms with E-state index in [1.165, 1.54) is 0 Å². The lowest BCUT2D eigenvalue weighted by Gasteiger charge is -2.12. The number of halogens is 2. The molecule has 4 heteroatoms.